The molecule has 1 atom stereocenters. The second kappa shape index (κ2) is 7.36. The van der Waals surface area contributed by atoms with Crippen LogP contribution in [0.1, 0.15) is 45.0 Å². The molecule has 0 aliphatic carbocycles. The molecule has 1 aromatic rings. The molecule has 0 aromatic carbocycles. The Morgan fingerprint density at radius 1 is 1.33 bits per heavy atom. The lowest BCUT2D eigenvalue weighted by Gasteiger charge is -2.35. The Kier molecular flexibility index (Phi) is 5.67. The normalized spacial score (nSPS) is 18.4. The standard InChI is InChI=1S/C18H30N4O2/c1-13-10-14(2)20-16(19-13)22-9-7-8-15(12-22)11-21(6)17(23)24-18(3,4)5/h10,15H,7-9,11-12H2,1-6H3. The van der Waals surface area contributed by atoms with Crippen LogP contribution < -0.4 is 4.90 Å². The fourth-order valence-electron chi connectivity index (χ4n) is 3.05. The highest BCUT2D eigenvalue weighted by Crippen LogP contribution is 2.22. The predicted molar refractivity (Wildman–Crippen MR) is 95.3 cm³/mol. The van der Waals surface area contributed by atoms with Crippen LogP contribution >= 0.6 is 0 Å². The first kappa shape index (κ1) is 18.5. The number of carbonyl (C=O) groups excluding carboxylic acids is 1. The largest absolute Gasteiger partial charge is 0.444 e. The second-order valence-corrected chi connectivity index (χ2v) is 7.77. The maximum absolute atomic E-state index is 12.1. The second-order valence-electron chi connectivity index (χ2n) is 7.77. The van der Waals surface area contributed by atoms with E-state index >= 15 is 0 Å². The van der Waals surface area contributed by atoms with E-state index in [1.54, 1.807) is 11.9 Å². The van der Waals surface area contributed by atoms with Gasteiger partial charge in [0.25, 0.3) is 0 Å². The van der Waals surface area contributed by atoms with Gasteiger partial charge in [0.15, 0.2) is 0 Å². The van der Waals surface area contributed by atoms with E-state index in [0.717, 1.165) is 43.3 Å². The molecule has 6 heteroatoms. The highest BCUT2D eigenvalue weighted by atomic mass is 16.6. The molecule has 1 aliphatic rings. The number of hydrogen-bond acceptors (Lipinski definition) is 5. The van der Waals surface area contributed by atoms with Gasteiger partial charge < -0.3 is 14.5 Å². The molecule has 0 bridgehead atoms. The summed E-state index contributed by atoms with van der Waals surface area (Å²) in [6, 6.07) is 1.99. The van der Waals surface area contributed by atoms with E-state index in [4.69, 9.17) is 4.74 Å². The smallest absolute Gasteiger partial charge is 0.410 e. The molecule has 0 radical (unpaired) electrons. The van der Waals surface area contributed by atoms with Crippen molar-refractivity contribution >= 4 is 12.0 Å². The van der Waals surface area contributed by atoms with Gasteiger partial charge >= 0.3 is 6.09 Å². The van der Waals surface area contributed by atoms with Crippen LogP contribution in [-0.2, 0) is 4.74 Å². The quantitative estimate of drug-likeness (QED) is 0.850. The van der Waals surface area contributed by atoms with Crippen molar-refractivity contribution in [1.29, 1.82) is 0 Å². The van der Waals surface area contributed by atoms with Crippen LogP contribution in [0.15, 0.2) is 6.07 Å². The average Bonchev–Trinajstić information content (AvgIpc) is 2.44. The van der Waals surface area contributed by atoms with Crippen LogP contribution in [0.4, 0.5) is 10.7 Å². The first-order valence-electron chi connectivity index (χ1n) is 8.65. The topological polar surface area (TPSA) is 58.6 Å². The van der Waals surface area contributed by atoms with Crippen molar-refractivity contribution in [1.82, 2.24) is 14.9 Å². The van der Waals surface area contributed by atoms with Gasteiger partial charge in [-0.25, -0.2) is 14.8 Å². The van der Waals surface area contributed by atoms with E-state index in [2.05, 4.69) is 14.9 Å². The predicted octanol–water partition coefficient (Wildman–Crippen LogP) is 3.18. The highest BCUT2D eigenvalue weighted by molar-refractivity contribution is 5.67. The molecule has 134 valence electrons. The monoisotopic (exact) mass is 334 g/mol. The molecule has 1 amide bonds. The van der Waals surface area contributed by atoms with Gasteiger partial charge in [0, 0.05) is 38.1 Å². The van der Waals surface area contributed by atoms with Crippen LogP contribution in [0.2, 0.25) is 0 Å². The van der Waals surface area contributed by atoms with Gasteiger partial charge in [-0.3, -0.25) is 0 Å². The number of nitrogens with zero attached hydrogens (tertiary/aromatic N) is 4. The molecule has 1 aliphatic heterocycles. The van der Waals surface area contributed by atoms with Crippen LogP contribution in [0, 0.1) is 19.8 Å². The van der Waals surface area contributed by atoms with Crippen molar-refractivity contribution in [2.45, 2.75) is 53.1 Å². The Balaban J connectivity index is 1.96. The summed E-state index contributed by atoms with van der Waals surface area (Å²) in [6.45, 7) is 12.2. The fraction of sp³-hybridized carbons (Fsp3) is 0.722. The maximum atomic E-state index is 12.1. The van der Waals surface area contributed by atoms with E-state index < -0.39 is 5.60 Å². The zero-order chi connectivity index (χ0) is 17.9. The number of ether oxygens (including phenoxy) is 1. The van der Waals surface area contributed by atoms with Crippen molar-refractivity contribution in [3.8, 4) is 0 Å². The minimum Gasteiger partial charge on any atom is -0.444 e. The third kappa shape index (κ3) is 5.35. The van der Waals surface area contributed by atoms with E-state index in [0.29, 0.717) is 12.5 Å². The summed E-state index contributed by atoms with van der Waals surface area (Å²) in [4.78, 5) is 25.2. The number of anilines is 1. The Bertz CT molecular complexity index is 563. The third-order valence-electron chi connectivity index (χ3n) is 4.01. The Morgan fingerprint density at radius 2 is 1.96 bits per heavy atom. The van der Waals surface area contributed by atoms with E-state index in [1.165, 1.54) is 0 Å². The van der Waals surface area contributed by atoms with Gasteiger partial charge in [0.05, 0.1) is 0 Å². The molecule has 0 saturated carbocycles. The molecular formula is C18H30N4O2. The number of aryl methyl sites for hydroxylation is 2. The van der Waals surface area contributed by atoms with Gasteiger partial charge in [0.2, 0.25) is 5.95 Å². The molecule has 1 aromatic heterocycles. The van der Waals surface area contributed by atoms with Gasteiger partial charge in [-0.15, -0.1) is 0 Å². The number of hydrogen-bond donors (Lipinski definition) is 0. The van der Waals surface area contributed by atoms with Crippen LogP contribution in [0.25, 0.3) is 0 Å². The van der Waals surface area contributed by atoms with Crippen molar-refractivity contribution in [2.75, 3.05) is 31.6 Å². The molecule has 1 unspecified atom stereocenters. The zero-order valence-electron chi connectivity index (χ0n) is 15.8. The summed E-state index contributed by atoms with van der Waals surface area (Å²) in [5, 5.41) is 0. The molecule has 6 nitrogen and oxygen atoms in total. The number of piperidine rings is 1. The van der Waals surface area contributed by atoms with Crippen molar-refractivity contribution in [2.24, 2.45) is 5.92 Å². The lowest BCUT2D eigenvalue weighted by Crippen LogP contribution is -2.43. The highest BCUT2D eigenvalue weighted by Gasteiger charge is 2.26. The molecule has 0 spiro atoms. The number of rotatable bonds is 3. The molecular weight excluding hydrogens is 304 g/mol. The Labute approximate surface area is 145 Å². The van der Waals surface area contributed by atoms with Gasteiger partial charge in [-0.2, -0.15) is 0 Å². The van der Waals surface area contributed by atoms with E-state index in [9.17, 15) is 4.79 Å². The molecule has 0 N–H and O–H groups in total. The summed E-state index contributed by atoms with van der Waals surface area (Å²) in [7, 11) is 1.81. The molecule has 2 heterocycles. The maximum Gasteiger partial charge on any atom is 0.410 e. The van der Waals surface area contributed by atoms with Crippen LogP contribution in [-0.4, -0.2) is 53.2 Å². The summed E-state index contributed by atoms with van der Waals surface area (Å²) in [5.41, 5.74) is 1.52. The molecule has 1 fully saturated rings. The minimum atomic E-state index is -0.461. The van der Waals surface area contributed by atoms with Gasteiger partial charge in [0.1, 0.15) is 5.60 Å². The minimum absolute atomic E-state index is 0.262. The van der Waals surface area contributed by atoms with Crippen LogP contribution in [0.3, 0.4) is 0 Å². The summed E-state index contributed by atoms with van der Waals surface area (Å²) in [6.07, 6.45) is 1.93. The summed E-state index contributed by atoms with van der Waals surface area (Å²) >= 11 is 0. The molecule has 2 rings (SSSR count). The fourth-order valence-corrected chi connectivity index (χ4v) is 3.05. The lowest BCUT2D eigenvalue weighted by atomic mass is 9.98. The van der Waals surface area contributed by atoms with E-state index in [1.807, 2.05) is 40.7 Å². The van der Waals surface area contributed by atoms with Crippen LogP contribution in [0.5, 0.6) is 0 Å². The molecule has 24 heavy (non-hydrogen) atoms. The van der Waals surface area contributed by atoms with Gasteiger partial charge in [-0.05, 0) is 59.4 Å². The molecule has 1 saturated heterocycles. The van der Waals surface area contributed by atoms with Crippen molar-refractivity contribution in [3.05, 3.63) is 17.5 Å². The zero-order valence-corrected chi connectivity index (χ0v) is 15.8. The Morgan fingerprint density at radius 3 is 2.54 bits per heavy atom. The SMILES string of the molecule is Cc1cc(C)nc(N2CCCC(CN(C)C(=O)OC(C)(C)C)C2)n1. The summed E-state index contributed by atoms with van der Waals surface area (Å²) in [5.74, 6) is 1.21. The number of amides is 1. The Hall–Kier alpha value is -1.85. The van der Waals surface area contributed by atoms with Crippen molar-refractivity contribution < 1.29 is 9.53 Å². The number of carbonyl (C=O) groups is 1. The number of aromatic nitrogens is 2. The van der Waals surface area contributed by atoms with Gasteiger partial charge in [-0.1, -0.05) is 0 Å². The lowest BCUT2D eigenvalue weighted by molar-refractivity contribution is 0.0269. The first-order chi connectivity index (χ1) is 11.1. The van der Waals surface area contributed by atoms with Crippen molar-refractivity contribution in [3.63, 3.8) is 0 Å². The van der Waals surface area contributed by atoms with E-state index in [-0.39, 0.29) is 6.09 Å². The first-order valence-corrected chi connectivity index (χ1v) is 8.65. The average molecular weight is 334 g/mol. The summed E-state index contributed by atoms with van der Waals surface area (Å²) < 4.78 is 5.43. The third-order valence-corrected chi connectivity index (χ3v) is 4.01.